The highest BCUT2D eigenvalue weighted by molar-refractivity contribution is 5.85. The smallest absolute Gasteiger partial charge is 0.266 e. The highest BCUT2D eigenvalue weighted by Gasteiger charge is 2.36. The van der Waals surface area contributed by atoms with Gasteiger partial charge in [0, 0.05) is 18.9 Å². The average molecular weight is 389 g/mol. The van der Waals surface area contributed by atoms with Crippen LogP contribution in [0.2, 0.25) is 0 Å². The summed E-state index contributed by atoms with van der Waals surface area (Å²) in [4.78, 5) is 13.0. The van der Waals surface area contributed by atoms with E-state index >= 15 is 0 Å². The van der Waals surface area contributed by atoms with Gasteiger partial charge >= 0.3 is 0 Å². The molecule has 0 saturated heterocycles. The van der Waals surface area contributed by atoms with Gasteiger partial charge in [-0.15, -0.1) is 0 Å². The van der Waals surface area contributed by atoms with Crippen molar-refractivity contribution >= 4 is 5.91 Å². The van der Waals surface area contributed by atoms with Crippen molar-refractivity contribution in [1.29, 1.82) is 0 Å². The van der Waals surface area contributed by atoms with Crippen molar-refractivity contribution in [3.8, 4) is 0 Å². The van der Waals surface area contributed by atoms with Gasteiger partial charge in [0.1, 0.15) is 0 Å². The van der Waals surface area contributed by atoms with E-state index in [0.29, 0.717) is 0 Å². The topological polar surface area (TPSA) is 61.4 Å². The van der Waals surface area contributed by atoms with E-state index in [1.54, 1.807) is 0 Å². The van der Waals surface area contributed by atoms with Crippen molar-refractivity contribution in [1.82, 2.24) is 10.9 Å². The van der Waals surface area contributed by atoms with E-state index in [9.17, 15) is 9.90 Å². The van der Waals surface area contributed by atoms with Gasteiger partial charge in [0.15, 0.2) is 5.60 Å². The molecule has 4 heteroatoms. The molecular weight excluding hydrogens is 360 g/mol. The van der Waals surface area contributed by atoms with Crippen molar-refractivity contribution in [3.05, 3.63) is 108 Å². The Morgan fingerprint density at radius 1 is 0.793 bits per heavy atom. The zero-order valence-corrected chi connectivity index (χ0v) is 16.7. The van der Waals surface area contributed by atoms with E-state index in [1.807, 2.05) is 85.8 Å². The average Bonchev–Trinajstić information content (AvgIpc) is 2.74. The fourth-order valence-electron chi connectivity index (χ4n) is 3.41. The summed E-state index contributed by atoms with van der Waals surface area (Å²) in [5.74, 6) is -0.426. The summed E-state index contributed by atoms with van der Waals surface area (Å²) in [6.07, 6.45) is 1.25. The Labute approximate surface area is 172 Å². The number of hydrazine groups is 1. The van der Waals surface area contributed by atoms with E-state index in [-0.39, 0.29) is 18.9 Å². The normalized spacial score (nSPS) is 12.3. The molecule has 0 aliphatic heterocycles. The molecule has 3 N–H and O–H groups in total. The van der Waals surface area contributed by atoms with Gasteiger partial charge in [-0.2, -0.15) is 0 Å². The molecule has 4 nitrogen and oxygen atoms in total. The van der Waals surface area contributed by atoms with Gasteiger partial charge in [-0.05, 0) is 30.0 Å². The van der Waals surface area contributed by atoms with Gasteiger partial charge in [-0.25, -0.2) is 5.43 Å². The van der Waals surface area contributed by atoms with Crippen LogP contribution in [0.5, 0.6) is 0 Å². The molecule has 1 amide bonds. The minimum absolute atomic E-state index is 0.0269. The van der Waals surface area contributed by atoms with Crippen LogP contribution >= 0.6 is 0 Å². The first kappa shape index (κ1) is 20.8. The molecule has 0 radical (unpaired) electrons. The SMILES string of the molecule is CC(Cc1ccccc1)NNC(=O)C(O)(Cc1ccccc1)Cc1ccccc1. The summed E-state index contributed by atoms with van der Waals surface area (Å²) in [6.45, 7) is 2.00. The predicted molar refractivity (Wildman–Crippen MR) is 116 cm³/mol. The Hall–Kier alpha value is -2.95. The predicted octanol–water partition coefficient (Wildman–Crippen LogP) is 3.45. The van der Waals surface area contributed by atoms with Crippen LogP contribution in [0.1, 0.15) is 23.6 Å². The maximum Gasteiger partial charge on any atom is 0.266 e. The third-order valence-corrected chi connectivity index (χ3v) is 4.92. The largest absolute Gasteiger partial charge is 0.379 e. The molecule has 3 aromatic rings. The van der Waals surface area contributed by atoms with Crippen LogP contribution in [0.25, 0.3) is 0 Å². The highest BCUT2D eigenvalue weighted by Crippen LogP contribution is 2.20. The first-order chi connectivity index (χ1) is 14.0. The van der Waals surface area contributed by atoms with Crippen LogP contribution in [0.3, 0.4) is 0 Å². The molecule has 1 atom stereocenters. The van der Waals surface area contributed by atoms with Gasteiger partial charge in [-0.1, -0.05) is 91.0 Å². The van der Waals surface area contributed by atoms with Crippen LogP contribution in [0.4, 0.5) is 0 Å². The Kier molecular flexibility index (Phi) is 7.17. The molecule has 1 unspecified atom stereocenters. The first-order valence-electron chi connectivity index (χ1n) is 9.95. The number of rotatable bonds is 9. The second-order valence-electron chi connectivity index (χ2n) is 7.55. The van der Waals surface area contributed by atoms with Crippen molar-refractivity contribution in [3.63, 3.8) is 0 Å². The maximum absolute atomic E-state index is 13.0. The van der Waals surface area contributed by atoms with Crippen LogP contribution in [0.15, 0.2) is 91.0 Å². The number of nitrogens with one attached hydrogen (secondary N) is 2. The summed E-state index contributed by atoms with van der Waals surface area (Å²) in [6, 6.07) is 29.3. The Morgan fingerprint density at radius 3 is 1.66 bits per heavy atom. The molecule has 150 valence electrons. The van der Waals surface area contributed by atoms with Gasteiger partial charge in [-0.3, -0.25) is 10.2 Å². The van der Waals surface area contributed by atoms with Crippen LogP contribution in [0, 0.1) is 0 Å². The number of amides is 1. The summed E-state index contributed by atoms with van der Waals surface area (Å²) in [7, 11) is 0. The fourth-order valence-corrected chi connectivity index (χ4v) is 3.41. The molecule has 0 aliphatic carbocycles. The number of aliphatic hydroxyl groups is 1. The molecule has 0 bridgehead atoms. The molecule has 3 rings (SSSR count). The van der Waals surface area contributed by atoms with Crippen molar-refractivity contribution in [2.75, 3.05) is 0 Å². The summed E-state index contributed by atoms with van der Waals surface area (Å²) < 4.78 is 0. The number of benzene rings is 3. The summed E-state index contributed by atoms with van der Waals surface area (Å²) >= 11 is 0. The van der Waals surface area contributed by atoms with E-state index < -0.39 is 11.5 Å². The maximum atomic E-state index is 13.0. The number of hydrogen-bond acceptors (Lipinski definition) is 3. The minimum Gasteiger partial charge on any atom is -0.379 e. The molecule has 0 fully saturated rings. The van der Waals surface area contributed by atoms with Gasteiger partial charge in [0.05, 0.1) is 0 Å². The third-order valence-electron chi connectivity index (χ3n) is 4.92. The van der Waals surface area contributed by atoms with Gasteiger partial charge in [0.2, 0.25) is 0 Å². The standard InChI is InChI=1S/C25H28N2O2/c1-20(17-21-11-5-2-6-12-21)26-27-24(28)25(29,18-22-13-7-3-8-14-22)19-23-15-9-4-10-16-23/h2-16,20,26,29H,17-19H2,1H3,(H,27,28). The third kappa shape index (κ3) is 6.28. The molecule has 0 heterocycles. The van der Waals surface area contributed by atoms with E-state index in [4.69, 9.17) is 0 Å². The van der Waals surface area contributed by atoms with Crippen LogP contribution in [-0.4, -0.2) is 22.7 Å². The molecular formula is C25H28N2O2. The number of hydrogen-bond donors (Lipinski definition) is 3. The van der Waals surface area contributed by atoms with Gasteiger partial charge in [0.25, 0.3) is 5.91 Å². The lowest BCUT2D eigenvalue weighted by molar-refractivity contribution is -0.141. The zero-order valence-electron chi connectivity index (χ0n) is 16.7. The second kappa shape index (κ2) is 10.0. The second-order valence-corrected chi connectivity index (χ2v) is 7.55. The highest BCUT2D eigenvalue weighted by atomic mass is 16.3. The minimum atomic E-state index is -1.55. The lowest BCUT2D eigenvalue weighted by atomic mass is 9.87. The molecule has 0 aliphatic rings. The molecule has 29 heavy (non-hydrogen) atoms. The quantitative estimate of drug-likeness (QED) is 0.492. The summed E-state index contributed by atoms with van der Waals surface area (Å²) in [5.41, 5.74) is 7.26. The van der Waals surface area contributed by atoms with Crippen LogP contribution in [-0.2, 0) is 24.1 Å². The van der Waals surface area contributed by atoms with E-state index in [0.717, 1.165) is 17.5 Å². The lowest BCUT2D eigenvalue weighted by Crippen LogP contribution is -2.56. The monoisotopic (exact) mass is 388 g/mol. The summed E-state index contributed by atoms with van der Waals surface area (Å²) in [5, 5.41) is 11.3. The lowest BCUT2D eigenvalue weighted by Gasteiger charge is -2.28. The Bertz CT molecular complexity index is 841. The van der Waals surface area contributed by atoms with Crippen LogP contribution < -0.4 is 10.9 Å². The molecule has 0 spiro atoms. The van der Waals surface area contributed by atoms with Crippen molar-refractivity contribution < 1.29 is 9.90 Å². The van der Waals surface area contributed by atoms with Crippen molar-refractivity contribution in [2.45, 2.75) is 37.8 Å². The van der Waals surface area contributed by atoms with Gasteiger partial charge < -0.3 is 5.11 Å². The van der Waals surface area contributed by atoms with Crippen molar-refractivity contribution in [2.24, 2.45) is 0 Å². The van der Waals surface area contributed by atoms with E-state index in [2.05, 4.69) is 23.0 Å². The molecule has 0 saturated carbocycles. The first-order valence-corrected chi connectivity index (χ1v) is 9.95. The fraction of sp³-hybridized carbons (Fsp3) is 0.240. The van der Waals surface area contributed by atoms with E-state index in [1.165, 1.54) is 5.56 Å². The molecule has 3 aromatic carbocycles. The Morgan fingerprint density at radius 2 is 1.21 bits per heavy atom. The molecule has 0 aromatic heterocycles. The number of carbonyl (C=O) groups excluding carboxylic acids is 1. The zero-order chi connectivity index (χ0) is 20.5. The number of carbonyl (C=O) groups is 1. The Balaban J connectivity index is 1.68.